The summed E-state index contributed by atoms with van der Waals surface area (Å²) in [6.07, 6.45) is 5.39. The molecule has 1 heterocycles. The number of hydrogen-bond acceptors (Lipinski definition) is 4. The molecular formula is C9H12O4. The second-order valence-corrected chi connectivity index (χ2v) is 3.48. The Morgan fingerprint density at radius 3 is 2.54 bits per heavy atom. The molecule has 1 spiro atoms. The van der Waals surface area contributed by atoms with Crippen LogP contribution in [0.15, 0.2) is 12.0 Å². The summed E-state index contributed by atoms with van der Waals surface area (Å²) in [4.78, 5) is 11.0. The van der Waals surface area contributed by atoms with Crippen molar-refractivity contribution in [3.8, 4) is 0 Å². The van der Waals surface area contributed by atoms with Crippen molar-refractivity contribution in [2.75, 3.05) is 0 Å². The van der Waals surface area contributed by atoms with Crippen LogP contribution in [0, 0.1) is 0 Å². The summed E-state index contributed by atoms with van der Waals surface area (Å²) in [6.45, 7) is 0. The van der Waals surface area contributed by atoms with Crippen LogP contribution in [0.1, 0.15) is 32.1 Å². The lowest BCUT2D eigenvalue weighted by Crippen LogP contribution is -2.42. The van der Waals surface area contributed by atoms with Gasteiger partial charge in [0.25, 0.3) is 11.7 Å². The second kappa shape index (κ2) is 2.94. The van der Waals surface area contributed by atoms with E-state index in [4.69, 9.17) is 14.6 Å². The van der Waals surface area contributed by atoms with Crippen molar-refractivity contribution in [2.24, 2.45) is 0 Å². The van der Waals surface area contributed by atoms with Crippen LogP contribution < -0.4 is 0 Å². The number of esters is 1. The highest BCUT2D eigenvalue weighted by atomic mass is 16.8. The Hall–Kier alpha value is -1.19. The van der Waals surface area contributed by atoms with Gasteiger partial charge >= 0.3 is 5.97 Å². The predicted molar refractivity (Wildman–Crippen MR) is 43.7 cm³/mol. The molecular weight excluding hydrogens is 172 g/mol. The van der Waals surface area contributed by atoms with Gasteiger partial charge in [-0.2, -0.15) is 0 Å². The highest BCUT2D eigenvalue weighted by Crippen LogP contribution is 2.36. The van der Waals surface area contributed by atoms with Crippen LogP contribution in [0.2, 0.25) is 0 Å². The van der Waals surface area contributed by atoms with Gasteiger partial charge in [0.15, 0.2) is 0 Å². The molecule has 4 heteroatoms. The first kappa shape index (κ1) is 8.41. The van der Waals surface area contributed by atoms with Crippen LogP contribution in [0.3, 0.4) is 0 Å². The van der Waals surface area contributed by atoms with Crippen molar-refractivity contribution in [1.29, 1.82) is 0 Å². The first-order chi connectivity index (χ1) is 6.20. The van der Waals surface area contributed by atoms with E-state index in [9.17, 15) is 4.79 Å². The van der Waals surface area contributed by atoms with E-state index in [0.717, 1.165) is 25.3 Å². The molecule has 72 valence electrons. The van der Waals surface area contributed by atoms with E-state index in [-0.39, 0.29) is 5.95 Å². The molecule has 0 saturated heterocycles. The lowest BCUT2D eigenvalue weighted by Gasteiger charge is -2.37. The molecule has 1 aliphatic carbocycles. The fourth-order valence-corrected chi connectivity index (χ4v) is 1.85. The van der Waals surface area contributed by atoms with Crippen LogP contribution in [0.25, 0.3) is 0 Å². The normalized spacial score (nSPS) is 26.2. The van der Waals surface area contributed by atoms with E-state index in [1.54, 1.807) is 0 Å². The smallest absolute Gasteiger partial charge is 0.341 e. The summed E-state index contributed by atoms with van der Waals surface area (Å²) in [6, 6.07) is 0. The van der Waals surface area contributed by atoms with E-state index in [2.05, 4.69) is 0 Å². The van der Waals surface area contributed by atoms with E-state index in [1.807, 2.05) is 0 Å². The summed E-state index contributed by atoms with van der Waals surface area (Å²) in [5.41, 5.74) is 0. The van der Waals surface area contributed by atoms with Crippen LogP contribution >= 0.6 is 0 Å². The number of aliphatic hydroxyl groups is 1. The molecule has 2 rings (SSSR count). The first-order valence-electron chi connectivity index (χ1n) is 4.53. The molecule has 0 atom stereocenters. The number of hydrogen-bond donors (Lipinski definition) is 1. The Bertz CT molecular complexity index is 250. The van der Waals surface area contributed by atoms with Crippen LogP contribution in [0.4, 0.5) is 0 Å². The molecule has 0 bridgehead atoms. The third kappa shape index (κ3) is 1.61. The highest BCUT2D eigenvalue weighted by molar-refractivity contribution is 5.83. The minimum Gasteiger partial charge on any atom is -0.481 e. The Labute approximate surface area is 76.1 Å². The molecule has 0 radical (unpaired) electrons. The van der Waals surface area contributed by atoms with E-state index < -0.39 is 11.8 Å². The van der Waals surface area contributed by atoms with Crippen molar-refractivity contribution in [2.45, 2.75) is 37.9 Å². The third-order valence-corrected chi connectivity index (χ3v) is 2.43. The summed E-state index contributed by atoms with van der Waals surface area (Å²) in [5, 5.41) is 9.14. The maximum Gasteiger partial charge on any atom is 0.341 e. The average molecular weight is 184 g/mol. The zero-order chi connectivity index (χ0) is 9.31. The maximum absolute atomic E-state index is 11.0. The molecule has 2 aliphatic rings. The van der Waals surface area contributed by atoms with Gasteiger partial charge in [0.2, 0.25) is 0 Å². The number of carbonyl (C=O) groups is 1. The Kier molecular flexibility index (Phi) is 1.90. The van der Waals surface area contributed by atoms with Crippen molar-refractivity contribution in [3.63, 3.8) is 0 Å². The molecule has 0 aromatic carbocycles. The third-order valence-electron chi connectivity index (χ3n) is 2.43. The second-order valence-electron chi connectivity index (χ2n) is 3.48. The number of aliphatic hydroxyl groups excluding tert-OH is 1. The van der Waals surface area contributed by atoms with Gasteiger partial charge < -0.3 is 14.6 Å². The molecule has 0 aromatic rings. The Balaban J connectivity index is 2.15. The molecule has 0 amide bonds. The number of carbonyl (C=O) groups excluding carboxylic acids is 1. The first-order valence-corrected chi connectivity index (χ1v) is 4.53. The summed E-state index contributed by atoms with van der Waals surface area (Å²) in [5.74, 6) is -1.70. The highest BCUT2D eigenvalue weighted by Gasteiger charge is 2.41. The largest absolute Gasteiger partial charge is 0.481 e. The van der Waals surface area contributed by atoms with E-state index in [1.165, 1.54) is 0 Å². The zero-order valence-corrected chi connectivity index (χ0v) is 7.28. The van der Waals surface area contributed by atoms with Crippen LogP contribution in [0.5, 0.6) is 0 Å². The van der Waals surface area contributed by atoms with Gasteiger partial charge in [0.05, 0.1) is 0 Å². The molecule has 1 saturated carbocycles. The Morgan fingerprint density at radius 2 is 1.92 bits per heavy atom. The standard InChI is InChI=1S/C9H12O4/c10-7-6-8(11)13-9(12-7)4-2-1-3-5-9/h6,10H,1-5H2. The Morgan fingerprint density at radius 1 is 1.23 bits per heavy atom. The summed E-state index contributed by atoms with van der Waals surface area (Å²) in [7, 11) is 0. The van der Waals surface area contributed by atoms with Gasteiger partial charge in [-0.15, -0.1) is 0 Å². The molecule has 4 nitrogen and oxygen atoms in total. The number of ether oxygens (including phenoxy) is 2. The molecule has 1 N–H and O–H groups in total. The minimum atomic E-state index is -0.867. The maximum atomic E-state index is 11.0. The van der Waals surface area contributed by atoms with Crippen LogP contribution in [-0.2, 0) is 14.3 Å². The van der Waals surface area contributed by atoms with Crippen molar-refractivity contribution < 1.29 is 19.4 Å². The lowest BCUT2D eigenvalue weighted by molar-refractivity contribution is -0.247. The zero-order valence-electron chi connectivity index (χ0n) is 7.28. The molecule has 1 aliphatic heterocycles. The topological polar surface area (TPSA) is 55.8 Å². The SMILES string of the molecule is O=C1C=C(O)OC2(CCCCC2)O1. The quantitative estimate of drug-likeness (QED) is 0.581. The minimum absolute atomic E-state index is 0.321. The number of rotatable bonds is 0. The van der Waals surface area contributed by atoms with Gasteiger partial charge in [-0.05, 0) is 12.8 Å². The molecule has 0 aromatic heterocycles. The van der Waals surface area contributed by atoms with E-state index in [0.29, 0.717) is 12.8 Å². The van der Waals surface area contributed by atoms with Gasteiger partial charge in [-0.25, -0.2) is 4.79 Å². The van der Waals surface area contributed by atoms with Crippen molar-refractivity contribution >= 4 is 5.97 Å². The monoisotopic (exact) mass is 184 g/mol. The average Bonchev–Trinajstić information content (AvgIpc) is 2.02. The fraction of sp³-hybridized carbons (Fsp3) is 0.667. The summed E-state index contributed by atoms with van der Waals surface area (Å²) >= 11 is 0. The summed E-state index contributed by atoms with van der Waals surface area (Å²) < 4.78 is 10.2. The van der Waals surface area contributed by atoms with Crippen molar-refractivity contribution in [1.82, 2.24) is 0 Å². The van der Waals surface area contributed by atoms with Gasteiger partial charge in [0.1, 0.15) is 6.08 Å². The van der Waals surface area contributed by atoms with Gasteiger partial charge in [-0.1, -0.05) is 6.42 Å². The fourth-order valence-electron chi connectivity index (χ4n) is 1.85. The van der Waals surface area contributed by atoms with Crippen LogP contribution in [-0.4, -0.2) is 16.9 Å². The van der Waals surface area contributed by atoms with Crippen molar-refractivity contribution in [3.05, 3.63) is 12.0 Å². The van der Waals surface area contributed by atoms with Gasteiger partial charge in [-0.3, -0.25) is 0 Å². The molecule has 1 fully saturated rings. The molecule has 13 heavy (non-hydrogen) atoms. The lowest BCUT2D eigenvalue weighted by atomic mass is 9.94. The predicted octanol–water partition coefficient (Wildman–Crippen LogP) is 1.62. The van der Waals surface area contributed by atoms with Gasteiger partial charge in [0, 0.05) is 12.8 Å². The van der Waals surface area contributed by atoms with E-state index >= 15 is 0 Å². The molecule has 0 unspecified atom stereocenters.